The lowest BCUT2D eigenvalue weighted by atomic mass is 10.0. The van der Waals surface area contributed by atoms with Gasteiger partial charge in [-0.15, -0.1) is 0 Å². The van der Waals surface area contributed by atoms with Gasteiger partial charge in [0.1, 0.15) is 5.75 Å². The molecular weight excluding hydrogens is 202 g/mol. The zero-order valence-electron chi connectivity index (χ0n) is 9.79. The monoisotopic (exact) mass is 221 g/mol. The minimum atomic E-state index is 0.722. The van der Waals surface area contributed by atoms with Gasteiger partial charge < -0.3 is 14.8 Å². The van der Waals surface area contributed by atoms with Crippen molar-refractivity contribution in [1.29, 1.82) is 0 Å². The lowest BCUT2D eigenvalue weighted by molar-refractivity contribution is 0.172. The summed E-state index contributed by atoms with van der Waals surface area (Å²) in [5.74, 6) is 0.971. The van der Waals surface area contributed by atoms with E-state index in [0.29, 0.717) is 0 Å². The summed E-state index contributed by atoms with van der Waals surface area (Å²) in [6.07, 6.45) is 3.30. The van der Waals surface area contributed by atoms with Crippen molar-refractivity contribution in [1.82, 2.24) is 0 Å². The minimum absolute atomic E-state index is 0.722. The summed E-state index contributed by atoms with van der Waals surface area (Å²) in [6, 6.07) is 6.29. The molecule has 0 amide bonds. The second kappa shape index (κ2) is 5.75. The van der Waals surface area contributed by atoms with Gasteiger partial charge in [-0.2, -0.15) is 0 Å². The summed E-state index contributed by atoms with van der Waals surface area (Å²) < 4.78 is 10.6. The van der Waals surface area contributed by atoms with Gasteiger partial charge in [-0.3, -0.25) is 0 Å². The van der Waals surface area contributed by atoms with Crippen LogP contribution in [0.5, 0.6) is 5.75 Å². The van der Waals surface area contributed by atoms with Crippen LogP contribution in [0.2, 0.25) is 0 Å². The normalized spacial score (nSPS) is 14.1. The maximum absolute atomic E-state index is 5.67. The fourth-order valence-electron chi connectivity index (χ4n) is 1.93. The SMILES string of the molecule is COCCCOc1ccc2c(c1)CCCN2. The Labute approximate surface area is 96.8 Å². The molecule has 0 unspecified atom stereocenters. The number of hydrogen-bond acceptors (Lipinski definition) is 3. The Bertz CT molecular complexity index is 339. The number of fused-ring (bicyclic) bond motifs is 1. The van der Waals surface area contributed by atoms with Crippen LogP contribution < -0.4 is 10.1 Å². The molecule has 1 N–H and O–H groups in total. The van der Waals surface area contributed by atoms with Gasteiger partial charge in [0.05, 0.1) is 6.61 Å². The first kappa shape index (κ1) is 11.3. The molecule has 2 rings (SSSR count). The van der Waals surface area contributed by atoms with E-state index in [-0.39, 0.29) is 0 Å². The van der Waals surface area contributed by atoms with Crippen molar-refractivity contribution < 1.29 is 9.47 Å². The molecule has 1 aromatic rings. The van der Waals surface area contributed by atoms with Gasteiger partial charge in [0, 0.05) is 32.4 Å². The van der Waals surface area contributed by atoms with E-state index >= 15 is 0 Å². The first-order valence-corrected chi connectivity index (χ1v) is 5.88. The van der Waals surface area contributed by atoms with Gasteiger partial charge in [-0.1, -0.05) is 0 Å². The van der Waals surface area contributed by atoms with Gasteiger partial charge in [-0.25, -0.2) is 0 Å². The third-order valence-corrected chi connectivity index (χ3v) is 2.78. The Balaban J connectivity index is 1.90. The first-order valence-electron chi connectivity index (χ1n) is 5.88. The molecule has 1 aliphatic rings. The van der Waals surface area contributed by atoms with Gasteiger partial charge in [0.15, 0.2) is 0 Å². The van der Waals surface area contributed by atoms with Crippen LogP contribution in [0.3, 0.4) is 0 Å². The Kier molecular flexibility index (Phi) is 4.05. The van der Waals surface area contributed by atoms with E-state index in [9.17, 15) is 0 Å². The van der Waals surface area contributed by atoms with Crippen molar-refractivity contribution in [2.75, 3.05) is 32.2 Å². The molecule has 0 spiro atoms. The topological polar surface area (TPSA) is 30.5 Å². The van der Waals surface area contributed by atoms with Gasteiger partial charge in [0.2, 0.25) is 0 Å². The Morgan fingerprint density at radius 3 is 3.12 bits per heavy atom. The molecule has 1 aromatic carbocycles. The number of benzene rings is 1. The van der Waals surface area contributed by atoms with Crippen molar-refractivity contribution in [3.63, 3.8) is 0 Å². The molecule has 0 saturated heterocycles. The van der Waals surface area contributed by atoms with Crippen LogP contribution in [0.4, 0.5) is 5.69 Å². The van der Waals surface area contributed by atoms with Gasteiger partial charge in [0.25, 0.3) is 0 Å². The van der Waals surface area contributed by atoms with Crippen molar-refractivity contribution in [3.05, 3.63) is 23.8 Å². The van der Waals surface area contributed by atoms with E-state index in [1.165, 1.54) is 17.7 Å². The number of hydrogen-bond donors (Lipinski definition) is 1. The van der Waals surface area contributed by atoms with E-state index in [1.54, 1.807) is 7.11 Å². The smallest absolute Gasteiger partial charge is 0.119 e. The van der Waals surface area contributed by atoms with E-state index in [2.05, 4.69) is 17.4 Å². The molecule has 0 saturated carbocycles. The molecule has 1 heterocycles. The molecule has 0 fully saturated rings. The second-order valence-corrected chi connectivity index (χ2v) is 4.04. The zero-order chi connectivity index (χ0) is 11.2. The fraction of sp³-hybridized carbons (Fsp3) is 0.538. The average molecular weight is 221 g/mol. The van der Waals surface area contributed by atoms with E-state index in [0.717, 1.165) is 38.3 Å². The molecule has 0 bridgehead atoms. The highest BCUT2D eigenvalue weighted by atomic mass is 16.5. The summed E-state index contributed by atoms with van der Waals surface area (Å²) >= 11 is 0. The van der Waals surface area contributed by atoms with E-state index in [1.807, 2.05) is 6.07 Å². The van der Waals surface area contributed by atoms with Crippen molar-refractivity contribution in [2.24, 2.45) is 0 Å². The highest BCUT2D eigenvalue weighted by molar-refractivity contribution is 5.55. The fourth-order valence-corrected chi connectivity index (χ4v) is 1.93. The maximum atomic E-state index is 5.67. The van der Waals surface area contributed by atoms with Crippen molar-refractivity contribution in [2.45, 2.75) is 19.3 Å². The van der Waals surface area contributed by atoms with E-state index < -0.39 is 0 Å². The largest absolute Gasteiger partial charge is 0.493 e. The number of rotatable bonds is 5. The first-order chi connectivity index (χ1) is 7.90. The van der Waals surface area contributed by atoms with E-state index in [4.69, 9.17) is 9.47 Å². The summed E-state index contributed by atoms with van der Waals surface area (Å²) in [4.78, 5) is 0. The summed E-state index contributed by atoms with van der Waals surface area (Å²) in [7, 11) is 1.71. The molecule has 0 atom stereocenters. The van der Waals surface area contributed by atoms with Crippen LogP contribution in [0, 0.1) is 0 Å². The summed E-state index contributed by atoms with van der Waals surface area (Å²) in [6.45, 7) is 2.56. The van der Waals surface area contributed by atoms with Gasteiger partial charge in [-0.05, 0) is 36.6 Å². The highest BCUT2D eigenvalue weighted by Gasteiger charge is 2.08. The quantitative estimate of drug-likeness (QED) is 0.775. The standard InChI is InChI=1S/C13H19NO2/c1-15-8-3-9-16-12-5-6-13-11(10-12)4-2-7-14-13/h5-6,10,14H,2-4,7-9H2,1H3. The summed E-state index contributed by atoms with van der Waals surface area (Å²) in [5.41, 5.74) is 2.63. The van der Waals surface area contributed by atoms with Crippen LogP contribution in [0.1, 0.15) is 18.4 Å². The molecule has 1 aliphatic heterocycles. The Morgan fingerprint density at radius 2 is 2.25 bits per heavy atom. The number of aryl methyl sites for hydroxylation is 1. The van der Waals surface area contributed by atoms with Crippen LogP contribution in [0.15, 0.2) is 18.2 Å². The Hall–Kier alpha value is -1.22. The lowest BCUT2D eigenvalue weighted by Gasteiger charge is -2.18. The molecule has 3 nitrogen and oxygen atoms in total. The number of nitrogens with one attached hydrogen (secondary N) is 1. The molecule has 0 aliphatic carbocycles. The predicted octanol–water partition coefficient (Wildman–Crippen LogP) is 2.46. The number of anilines is 1. The average Bonchev–Trinajstić information content (AvgIpc) is 2.34. The molecule has 0 radical (unpaired) electrons. The highest BCUT2D eigenvalue weighted by Crippen LogP contribution is 2.26. The number of ether oxygens (including phenoxy) is 2. The zero-order valence-corrected chi connectivity index (χ0v) is 9.79. The molecule has 16 heavy (non-hydrogen) atoms. The predicted molar refractivity (Wildman–Crippen MR) is 65.2 cm³/mol. The van der Waals surface area contributed by atoms with Crippen LogP contribution >= 0.6 is 0 Å². The Morgan fingerprint density at radius 1 is 1.31 bits per heavy atom. The molecule has 3 heteroatoms. The van der Waals surface area contributed by atoms with Crippen LogP contribution in [0.25, 0.3) is 0 Å². The van der Waals surface area contributed by atoms with Crippen molar-refractivity contribution in [3.8, 4) is 5.75 Å². The van der Waals surface area contributed by atoms with Crippen LogP contribution in [-0.4, -0.2) is 26.9 Å². The molecule has 0 aromatic heterocycles. The third-order valence-electron chi connectivity index (χ3n) is 2.78. The lowest BCUT2D eigenvalue weighted by Crippen LogP contribution is -2.11. The molecular formula is C13H19NO2. The summed E-state index contributed by atoms with van der Waals surface area (Å²) in [5, 5.41) is 3.39. The van der Waals surface area contributed by atoms with Crippen molar-refractivity contribution >= 4 is 5.69 Å². The third kappa shape index (κ3) is 2.89. The molecule has 88 valence electrons. The minimum Gasteiger partial charge on any atom is -0.493 e. The number of methoxy groups -OCH3 is 1. The van der Waals surface area contributed by atoms with Gasteiger partial charge >= 0.3 is 0 Å². The van der Waals surface area contributed by atoms with Crippen LogP contribution in [-0.2, 0) is 11.2 Å². The second-order valence-electron chi connectivity index (χ2n) is 4.04. The maximum Gasteiger partial charge on any atom is 0.119 e.